The summed E-state index contributed by atoms with van der Waals surface area (Å²) in [4.78, 5) is 21.9. The van der Waals surface area contributed by atoms with Crippen LogP contribution in [0.25, 0.3) is 0 Å². The summed E-state index contributed by atoms with van der Waals surface area (Å²) in [5, 5.41) is 12.1. The Morgan fingerprint density at radius 1 is 0.926 bits per heavy atom. The number of nitrogens with one attached hydrogen (secondary N) is 1. The normalized spacial score (nSPS) is 11.1. The second-order valence-electron chi connectivity index (χ2n) is 6.03. The number of esters is 1. The Morgan fingerprint density at radius 3 is 1.89 bits per heavy atom. The third-order valence-electron chi connectivity index (χ3n) is 3.83. The average molecular weight is 391 g/mol. The van der Waals surface area contributed by atoms with Crippen LogP contribution in [-0.2, 0) is 38.2 Å². The number of rotatable bonds is 9. The highest BCUT2D eigenvalue weighted by Crippen LogP contribution is 2.10. The molecule has 0 spiro atoms. The first-order chi connectivity index (χ1) is 12.8. The lowest BCUT2D eigenvalue weighted by Gasteiger charge is -2.07. The van der Waals surface area contributed by atoms with Crippen molar-refractivity contribution in [3.8, 4) is 0 Å². The van der Waals surface area contributed by atoms with E-state index in [0.717, 1.165) is 18.2 Å². The standard InChI is InChI=1S/C19H21NO6S/c1-26-18(21)13-27(24,25)12-16-4-2-14(3-5-16)10-20-11-15-6-8-17(9-7-15)19(22)23/h2-9,20H,10-13H2,1H3,(H,22,23). The molecule has 7 nitrogen and oxygen atoms in total. The van der Waals surface area contributed by atoms with Gasteiger partial charge in [-0.2, -0.15) is 0 Å². The SMILES string of the molecule is COC(=O)CS(=O)(=O)Cc1ccc(CNCc2ccc(C(=O)O)cc2)cc1. The van der Waals surface area contributed by atoms with Gasteiger partial charge in [-0.15, -0.1) is 0 Å². The molecule has 0 unspecified atom stereocenters. The van der Waals surface area contributed by atoms with Gasteiger partial charge >= 0.3 is 11.9 Å². The van der Waals surface area contributed by atoms with Crippen molar-refractivity contribution in [2.75, 3.05) is 12.9 Å². The number of hydrogen-bond acceptors (Lipinski definition) is 6. The van der Waals surface area contributed by atoms with Crippen molar-refractivity contribution in [2.24, 2.45) is 0 Å². The topological polar surface area (TPSA) is 110 Å². The summed E-state index contributed by atoms with van der Waals surface area (Å²) >= 11 is 0. The summed E-state index contributed by atoms with van der Waals surface area (Å²) in [6.07, 6.45) is 0. The Bertz CT molecular complexity index is 889. The Morgan fingerprint density at radius 2 is 1.41 bits per heavy atom. The van der Waals surface area contributed by atoms with E-state index in [1.54, 1.807) is 36.4 Å². The molecular weight excluding hydrogens is 370 g/mol. The van der Waals surface area contributed by atoms with Crippen molar-refractivity contribution >= 4 is 21.8 Å². The Kier molecular flexibility index (Phi) is 7.09. The van der Waals surface area contributed by atoms with Crippen molar-refractivity contribution in [1.29, 1.82) is 0 Å². The molecule has 0 aliphatic carbocycles. The number of carbonyl (C=O) groups is 2. The lowest BCUT2D eigenvalue weighted by molar-refractivity contribution is -0.137. The molecule has 0 aliphatic rings. The molecular formula is C19H21NO6S. The minimum Gasteiger partial charge on any atom is -0.478 e. The maximum Gasteiger partial charge on any atom is 0.335 e. The van der Waals surface area contributed by atoms with Crippen LogP contribution >= 0.6 is 0 Å². The molecule has 0 heterocycles. The molecule has 2 aromatic rings. The molecule has 0 aromatic heterocycles. The maximum absolute atomic E-state index is 11.9. The van der Waals surface area contributed by atoms with Gasteiger partial charge < -0.3 is 15.2 Å². The molecule has 8 heteroatoms. The van der Waals surface area contributed by atoms with Crippen LogP contribution in [0.4, 0.5) is 0 Å². The zero-order valence-electron chi connectivity index (χ0n) is 14.8. The molecule has 2 aromatic carbocycles. The zero-order chi connectivity index (χ0) is 19.9. The molecule has 144 valence electrons. The lowest BCUT2D eigenvalue weighted by Crippen LogP contribution is -2.18. The minimum absolute atomic E-state index is 0.217. The van der Waals surface area contributed by atoms with Crippen molar-refractivity contribution in [3.05, 3.63) is 70.8 Å². The smallest absolute Gasteiger partial charge is 0.335 e. The van der Waals surface area contributed by atoms with Gasteiger partial charge in [0.25, 0.3) is 0 Å². The predicted octanol–water partition coefficient (Wildman–Crippen LogP) is 1.76. The molecule has 2 rings (SSSR count). The molecule has 0 radical (unpaired) electrons. The molecule has 0 atom stereocenters. The van der Waals surface area contributed by atoms with E-state index in [0.29, 0.717) is 18.7 Å². The first-order valence-electron chi connectivity index (χ1n) is 8.17. The van der Waals surface area contributed by atoms with Gasteiger partial charge in [0.15, 0.2) is 9.84 Å². The lowest BCUT2D eigenvalue weighted by atomic mass is 10.1. The van der Waals surface area contributed by atoms with Crippen LogP contribution < -0.4 is 5.32 Å². The number of methoxy groups -OCH3 is 1. The molecule has 2 N–H and O–H groups in total. The summed E-state index contributed by atoms with van der Waals surface area (Å²) in [5.41, 5.74) is 2.79. The summed E-state index contributed by atoms with van der Waals surface area (Å²) in [5.74, 6) is -2.57. The highest BCUT2D eigenvalue weighted by atomic mass is 32.2. The number of carbonyl (C=O) groups excluding carboxylic acids is 1. The number of sulfone groups is 1. The quantitative estimate of drug-likeness (QED) is 0.627. The molecule has 0 fully saturated rings. The van der Waals surface area contributed by atoms with Gasteiger partial charge in [0.05, 0.1) is 18.4 Å². The number of ether oxygens (including phenoxy) is 1. The van der Waals surface area contributed by atoms with Crippen molar-refractivity contribution < 1.29 is 27.9 Å². The monoisotopic (exact) mass is 391 g/mol. The average Bonchev–Trinajstić information content (AvgIpc) is 2.63. The molecule has 0 aliphatic heterocycles. The van der Waals surface area contributed by atoms with E-state index >= 15 is 0 Å². The number of benzene rings is 2. The van der Waals surface area contributed by atoms with Gasteiger partial charge in [0.1, 0.15) is 5.75 Å². The van der Waals surface area contributed by atoms with E-state index < -0.39 is 27.5 Å². The fourth-order valence-electron chi connectivity index (χ4n) is 2.41. The van der Waals surface area contributed by atoms with Crippen molar-refractivity contribution in [1.82, 2.24) is 5.32 Å². The molecule has 0 bridgehead atoms. The number of carboxylic acids is 1. The van der Waals surface area contributed by atoms with E-state index in [-0.39, 0.29) is 11.3 Å². The second-order valence-corrected chi connectivity index (χ2v) is 8.09. The van der Waals surface area contributed by atoms with Gasteiger partial charge in [0.2, 0.25) is 0 Å². The van der Waals surface area contributed by atoms with E-state index in [1.807, 2.05) is 12.1 Å². The van der Waals surface area contributed by atoms with Crippen LogP contribution in [0.2, 0.25) is 0 Å². The van der Waals surface area contributed by atoms with Gasteiger partial charge in [-0.05, 0) is 28.8 Å². The molecule has 0 saturated heterocycles. The third kappa shape index (κ3) is 6.84. The van der Waals surface area contributed by atoms with Crippen LogP contribution in [0, 0.1) is 0 Å². The summed E-state index contributed by atoms with van der Waals surface area (Å²) in [6, 6.07) is 13.7. The largest absolute Gasteiger partial charge is 0.478 e. The highest BCUT2D eigenvalue weighted by molar-refractivity contribution is 7.91. The van der Waals surface area contributed by atoms with E-state index in [1.165, 1.54) is 0 Å². The first kappa shape index (κ1) is 20.6. The number of carboxylic acid groups (broad SMARTS) is 1. The fourth-order valence-corrected chi connectivity index (χ4v) is 3.69. The summed E-state index contributed by atoms with van der Waals surface area (Å²) in [6.45, 7) is 1.16. The Balaban J connectivity index is 1.85. The van der Waals surface area contributed by atoms with Gasteiger partial charge in [-0.25, -0.2) is 13.2 Å². The maximum atomic E-state index is 11.9. The molecule has 27 heavy (non-hydrogen) atoms. The highest BCUT2D eigenvalue weighted by Gasteiger charge is 2.17. The summed E-state index contributed by atoms with van der Waals surface area (Å²) in [7, 11) is -2.40. The van der Waals surface area contributed by atoms with Gasteiger partial charge in [0, 0.05) is 13.1 Å². The van der Waals surface area contributed by atoms with Gasteiger partial charge in [-0.1, -0.05) is 36.4 Å². The van der Waals surface area contributed by atoms with Crippen LogP contribution in [0.5, 0.6) is 0 Å². The first-order valence-corrected chi connectivity index (χ1v) is 9.99. The molecule has 0 saturated carbocycles. The van der Waals surface area contributed by atoms with Crippen molar-refractivity contribution in [3.63, 3.8) is 0 Å². The van der Waals surface area contributed by atoms with Gasteiger partial charge in [-0.3, -0.25) is 4.79 Å². The summed E-state index contributed by atoms with van der Waals surface area (Å²) < 4.78 is 28.2. The minimum atomic E-state index is -3.55. The third-order valence-corrected chi connectivity index (χ3v) is 5.28. The van der Waals surface area contributed by atoms with Crippen LogP contribution in [0.1, 0.15) is 27.0 Å². The fraction of sp³-hybridized carbons (Fsp3) is 0.263. The predicted molar refractivity (Wildman–Crippen MR) is 99.9 cm³/mol. The molecule has 0 amide bonds. The van der Waals surface area contributed by atoms with E-state index in [2.05, 4.69) is 10.1 Å². The Labute approximate surface area is 157 Å². The van der Waals surface area contributed by atoms with Crippen LogP contribution in [0.15, 0.2) is 48.5 Å². The van der Waals surface area contributed by atoms with E-state index in [9.17, 15) is 18.0 Å². The second kappa shape index (κ2) is 9.29. The van der Waals surface area contributed by atoms with Crippen molar-refractivity contribution in [2.45, 2.75) is 18.8 Å². The van der Waals surface area contributed by atoms with E-state index in [4.69, 9.17) is 5.11 Å². The van der Waals surface area contributed by atoms with Crippen LogP contribution in [0.3, 0.4) is 0 Å². The van der Waals surface area contributed by atoms with Crippen LogP contribution in [-0.4, -0.2) is 38.3 Å². The Hall–Kier alpha value is -2.71. The number of hydrogen-bond donors (Lipinski definition) is 2. The zero-order valence-corrected chi connectivity index (χ0v) is 15.7. The number of aromatic carboxylic acids is 1.